The Morgan fingerprint density at radius 3 is 2.14 bits per heavy atom. The summed E-state index contributed by atoms with van der Waals surface area (Å²) in [5.74, 6) is 1.18. The molecule has 0 aliphatic carbocycles. The van der Waals surface area contributed by atoms with Gasteiger partial charge in [0.25, 0.3) is 0 Å². The monoisotopic (exact) mass is 309 g/mol. The van der Waals surface area contributed by atoms with Crippen LogP contribution in [0.5, 0.6) is 0 Å². The molecule has 0 aromatic carbocycles. The number of halogens is 3. The molecule has 0 amide bonds. The van der Waals surface area contributed by atoms with Gasteiger partial charge in [-0.05, 0) is 12.1 Å². The van der Waals surface area contributed by atoms with Crippen LogP contribution in [0.25, 0.3) is 0 Å². The van der Waals surface area contributed by atoms with Gasteiger partial charge in [-0.25, -0.2) is 15.0 Å². The van der Waals surface area contributed by atoms with Crippen LogP contribution in [0.2, 0.25) is 0 Å². The largest absolute Gasteiger partial charge is 0.433 e. The number of alkyl halides is 3. The second-order valence-electron chi connectivity index (χ2n) is 4.92. The van der Waals surface area contributed by atoms with Gasteiger partial charge in [-0.3, -0.25) is 0 Å². The van der Waals surface area contributed by atoms with E-state index in [-0.39, 0.29) is 0 Å². The highest BCUT2D eigenvalue weighted by Gasteiger charge is 2.33. The number of rotatable bonds is 2. The molecule has 3 heterocycles. The lowest BCUT2D eigenvalue weighted by molar-refractivity contribution is -0.141. The van der Waals surface area contributed by atoms with Crippen molar-refractivity contribution in [2.45, 2.75) is 6.18 Å². The standard InChI is InChI=1S/C14H14F3N5/c15-14(16,17)11-9-13(20-10-19-11)22-7-5-21(6-8-22)12-3-1-2-4-18-12/h1-4,9-10H,5-8H2. The van der Waals surface area contributed by atoms with Crippen molar-refractivity contribution >= 4 is 11.6 Å². The predicted molar refractivity (Wildman–Crippen MR) is 75.7 cm³/mol. The molecule has 2 aromatic rings. The molecule has 1 aliphatic rings. The van der Waals surface area contributed by atoms with Crippen molar-refractivity contribution in [2.24, 2.45) is 0 Å². The molecule has 5 nitrogen and oxygen atoms in total. The smallest absolute Gasteiger partial charge is 0.353 e. The Bertz CT molecular complexity index is 624. The van der Waals surface area contributed by atoms with E-state index in [9.17, 15) is 13.2 Å². The Hall–Kier alpha value is -2.38. The zero-order valence-electron chi connectivity index (χ0n) is 11.7. The predicted octanol–water partition coefficient (Wildman–Crippen LogP) is 2.22. The molecule has 22 heavy (non-hydrogen) atoms. The van der Waals surface area contributed by atoms with Crippen LogP contribution in [0, 0.1) is 0 Å². The zero-order valence-corrected chi connectivity index (χ0v) is 11.7. The van der Waals surface area contributed by atoms with Crippen LogP contribution >= 0.6 is 0 Å². The highest BCUT2D eigenvalue weighted by atomic mass is 19.4. The maximum absolute atomic E-state index is 12.7. The fourth-order valence-electron chi connectivity index (χ4n) is 2.38. The molecule has 0 N–H and O–H groups in total. The van der Waals surface area contributed by atoms with Crippen LogP contribution in [0.15, 0.2) is 36.8 Å². The molecule has 0 bridgehead atoms. The Labute approximate surface area is 125 Å². The second-order valence-corrected chi connectivity index (χ2v) is 4.92. The van der Waals surface area contributed by atoms with Crippen LogP contribution in [-0.2, 0) is 6.18 Å². The van der Waals surface area contributed by atoms with Crippen molar-refractivity contribution in [3.05, 3.63) is 42.5 Å². The van der Waals surface area contributed by atoms with Gasteiger partial charge in [0.1, 0.15) is 23.7 Å². The highest BCUT2D eigenvalue weighted by Crippen LogP contribution is 2.29. The van der Waals surface area contributed by atoms with E-state index in [0.29, 0.717) is 32.0 Å². The van der Waals surface area contributed by atoms with Crippen molar-refractivity contribution in [3.8, 4) is 0 Å². The topological polar surface area (TPSA) is 45.2 Å². The van der Waals surface area contributed by atoms with Crippen LogP contribution in [-0.4, -0.2) is 41.1 Å². The molecule has 0 spiro atoms. The third-order valence-electron chi connectivity index (χ3n) is 3.52. The number of hydrogen-bond donors (Lipinski definition) is 0. The molecule has 1 fully saturated rings. The van der Waals surface area contributed by atoms with Gasteiger partial charge >= 0.3 is 6.18 Å². The van der Waals surface area contributed by atoms with E-state index >= 15 is 0 Å². The summed E-state index contributed by atoms with van der Waals surface area (Å²) in [7, 11) is 0. The van der Waals surface area contributed by atoms with Gasteiger partial charge in [0, 0.05) is 38.4 Å². The number of anilines is 2. The summed E-state index contributed by atoms with van der Waals surface area (Å²) < 4.78 is 38.1. The third-order valence-corrected chi connectivity index (χ3v) is 3.52. The molecule has 3 rings (SSSR count). The highest BCUT2D eigenvalue weighted by molar-refractivity contribution is 5.45. The van der Waals surface area contributed by atoms with Crippen molar-refractivity contribution in [3.63, 3.8) is 0 Å². The number of aromatic nitrogens is 3. The Morgan fingerprint density at radius 1 is 0.864 bits per heavy atom. The van der Waals surface area contributed by atoms with Gasteiger partial charge in [-0.1, -0.05) is 6.07 Å². The van der Waals surface area contributed by atoms with Crippen LogP contribution < -0.4 is 9.80 Å². The minimum Gasteiger partial charge on any atom is -0.353 e. The van der Waals surface area contributed by atoms with Crippen molar-refractivity contribution in [2.75, 3.05) is 36.0 Å². The number of nitrogens with zero attached hydrogens (tertiary/aromatic N) is 5. The quantitative estimate of drug-likeness (QED) is 0.851. The molecular weight excluding hydrogens is 295 g/mol. The molecule has 116 valence electrons. The minimum absolute atomic E-state index is 0.308. The zero-order chi connectivity index (χ0) is 15.6. The van der Waals surface area contributed by atoms with Gasteiger partial charge in [0.15, 0.2) is 0 Å². The van der Waals surface area contributed by atoms with Crippen molar-refractivity contribution in [1.29, 1.82) is 0 Å². The SMILES string of the molecule is FC(F)(F)c1cc(N2CCN(c3ccccn3)CC2)ncn1. The van der Waals surface area contributed by atoms with Gasteiger partial charge < -0.3 is 9.80 Å². The fourth-order valence-corrected chi connectivity index (χ4v) is 2.38. The van der Waals surface area contributed by atoms with Gasteiger partial charge in [0.2, 0.25) is 0 Å². The van der Waals surface area contributed by atoms with E-state index in [1.54, 1.807) is 6.20 Å². The lowest BCUT2D eigenvalue weighted by atomic mass is 10.3. The molecule has 0 saturated carbocycles. The molecule has 0 atom stereocenters. The molecule has 8 heteroatoms. The maximum Gasteiger partial charge on any atom is 0.433 e. The average molecular weight is 309 g/mol. The Morgan fingerprint density at radius 2 is 1.55 bits per heavy atom. The number of hydrogen-bond acceptors (Lipinski definition) is 5. The molecule has 2 aromatic heterocycles. The maximum atomic E-state index is 12.7. The fraction of sp³-hybridized carbons (Fsp3) is 0.357. The van der Waals surface area contributed by atoms with E-state index in [1.807, 2.05) is 23.1 Å². The first-order chi connectivity index (χ1) is 10.5. The average Bonchev–Trinajstić information content (AvgIpc) is 2.55. The minimum atomic E-state index is -4.45. The van der Waals surface area contributed by atoms with E-state index in [1.165, 1.54) is 0 Å². The number of piperazine rings is 1. The normalized spacial score (nSPS) is 16.0. The summed E-state index contributed by atoms with van der Waals surface area (Å²) in [6, 6.07) is 6.67. The van der Waals surface area contributed by atoms with Gasteiger partial charge in [-0.2, -0.15) is 13.2 Å². The van der Waals surface area contributed by atoms with Gasteiger partial charge in [-0.15, -0.1) is 0 Å². The lowest BCUT2D eigenvalue weighted by Gasteiger charge is -2.36. The van der Waals surface area contributed by atoms with Crippen LogP contribution in [0.1, 0.15) is 5.69 Å². The van der Waals surface area contributed by atoms with E-state index in [0.717, 1.165) is 18.2 Å². The molecule has 0 unspecified atom stereocenters. The first kappa shape index (κ1) is 14.6. The summed E-state index contributed by atoms with van der Waals surface area (Å²) in [4.78, 5) is 15.4. The third kappa shape index (κ3) is 3.10. The first-order valence-electron chi connectivity index (χ1n) is 6.84. The van der Waals surface area contributed by atoms with E-state index in [4.69, 9.17) is 0 Å². The lowest BCUT2D eigenvalue weighted by Crippen LogP contribution is -2.47. The molecule has 1 saturated heterocycles. The molecule has 0 radical (unpaired) electrons. The number of pyridine rings is 1. The summed E-state index contributed by atoms with van der Waals surface area (Å²) >= 11 is 0. The van der Waals surface area contributed by atoms with Crippen molar-refractivity contribution in [1.82, 2.24) is 15.0 Å². The molecular formula is C14H14F3N5. The summed E-state index contributed by atoms with van der Waals surface area (Å²) in [6.07, 6.45) is -1.77. The second kappa shape index (κ2) is 5.78. The summed E-state index contributed by atoms with van der Waals surface area (Å²) in [5, 5.41) is 0. The van der Waals surface area contributed by atoms with Crippen LogP contribution in [0.4, 0.5) is 24.8 Å². The van der Waals surface area contributed by atoms with Gasteiger partial charge in [0.05, 0.1) is 0 Å². The van der Waals surface area contributed by atoms with Crippen molar-refractivity contribution < 1.29 is 13.2 Å². The Kier molecular flexibility index (Phi) is 3.82. The summed E-state index contributed by atoms with van der Waals surface area (Å²) in [6.45, 7) is 2.54. The first-order valence-corrected chi connectivity index (χ1v) is 6.84. The Balaban J connectivity index is 1.69. The van der Waals surface area contributed by atoms with Crippen LogP contribution in [0.3, 0.4) is 0 Å². The van der Waals surface area contributed by atoms with E-state index < -0.39 is 11.9 Å². The summed E-state index contributed by atoms with van der Waals surface area (Å²) in [5.41, 5.74) is -0.912. The van der Waals surface area contributed by atoms with E-state index in [2.05, 4.69) is 19.9 Å². The molecule has 1 aliphatic heterocycles.